The van der Waals surface area contributed by atoms with Gasteiger partial charge in [-0.25, -0.2) is 17.2 Å². The first-order valence-corrected chi connectivity index (χ1v) is 12.8. The van der Waals surface area contributed by atoms with Crippen molar-refractivity contribution >= 4 is 26.6 Å². The highest BCUT2D eigenvalue weighted by Gasteiger charge is 2.20. The lowest BCUT2D eigenvalue weighted by Crippen LogP contribution is -2.26. The molecular formula is C25H26F2N4O4S. The van der Waals surface area contributed by atoms with Gasteiger partial charge in [0, 0.05) is 35.9 Å². The standard InChI is InChI=1S/C25H26F2N4O4S/c1-2-22-20-8-7-19(14-23(20)30-29-22)35-11-10-28-15-24(32)16-4-3-5-18(12-16)31-36(33,34)25-13-17(26)6-9-21(25)27/h3-9,12-14,24,28,31-32H,2,10-11,15H2,1H3,(H,29,30). The third kappa shape index (κ3) is 5.99. The molecule has 11 heteroatoms. The molecule has 0 bridgehead atoms. The van der Waals surface area contributed by atoms with Gasteiger partial charge in [0.25, 0.3) is 10.0 Å². The van der Waals surface area contributed by atoms with Crippen molar-refractivity contribution in [3.05, 3.63) is 83.6 Å². The Morgan fingerprint density at radius 3 is 2.75 bits per heavy atom. The molecule has 1 heterocycles. The van der Waals surface area contributed by atoms with E-state index in [1.54, 1.807) is 12.1 Å². The van der Waals surface area contributed by atoms with Crippen LogP contribution >= 0.6 is 0 Å². The van der Waals surface area contributed by atoms with Gasteiger partial charge in [0.2, 0.25) is 0 Å². The highest BCUT2D eigenvalue weighted by atomic mass is 32.2. The van der Waals surface area contributed by atoms with Crippen LogP contribution in [0.3, 0.4) is 0 Å². The number of nitrogens with one attached hydrogen (secondary N) is 3. The summed E-state index contributed by atoms with van der Waals surface area (Å²) in [4.78, 5) is -0.799. The van der Waals surface area contributed by atoms with Crippen LogP contribution in [0.2, 0.25) is 0 Å². The van der Waals surface area contributed by atoms with Crippen molar-refractivity contribution in [3.8, 4) is 5.75 Å². The van der Waals surface area contributed by atoms with Crippen LogP contribution in [0.15, 0.2) is 65.6 Å². The highest BCUT2D eigenvalue weighted by Crippen LogP contribution is 2.23. The number of aliphatic hydroxyl groups excluding tert-OH is 1. The Kier molecular flexibility index (Phi) is 7.82. The minimum Gasteiger partial charge on any atom is -0.492 e. The molecule has 36 heavy (non-hydrogen) atoms. The fourth-order valence-corrected chi connectivity index (χ4v) is 4.85. The molecule has 0 amide bonds. The van der Waals surface area contributed by atoms with Crippen molar-refractivity contribution < 1.29 is 27.0 Å². The van der Waals surface area contributed by atoms with Gasteiger partial charge in [0.15, 0.2) is 0 Å². The maximum atomic E-state index is 13.9. The molecule has 4 N–H and O–H groups in total. The van der Waals surface area contributed by atoms with Crippen molar-refractivity contribution in [1.82, 2.24) is 15.5 Å². The lowest BCUT2D eigenvalue weighted by atomic mass is 10.1. The lowest BCUT2D eigenvalue weighted by Gasteiger charge is -2.15. The van der Waals surface area contributed by atoms with Gasteiger partial charge in [-0.05, 0) is 54.4 Å². The average molecular weight is 517 g/mol. The van der Waals surface area contributed by atoms with E-state index in [2.05, 4.69) is 27.2 Å². The number of aliphatic hydroxyl groups is 1. The van der Waals surface area contributed by atoms with E-state index in [1.807, 2.05) is 18.2 Å². The van der Waals surface area contributed by atoms with Crippen LogP contribution in [0.5, 0.6) is 5.75 Å². The molecule has 0 saturated carbocycles. The lowest BCUT2D eigenvalue weighted by molar-refractivity contribution is 0.172. The molecule has 0 fully saturated rings. The number of nitrogens with zero attached hydrogens (tertiary/aromatic N) is 1. The summed E-state index contributed by atoms with van der Waals surface area (Å²) in [5.74, 6) is -1.25. The number of aryl methyl sites for hydroxylation is 1. The second-order valence-corrected chi connectivity index (χ2v) is 9.76. The van der Waals surface area contributed by atoms with Crippen molar-refractivity contribution in [2.75, 3.05) is 24.4 Å². The molecule has 1 aromatic heterocycles. The van der Waals surface area contributed by atoms with Gasteiger partial charge in [-0.1, -0.05) is 19.1 Å². The summed E-state index contributed by atoms with van der Waals surface area (Å²) in [6, 6.07) is 14.0. The topological polar surface area (TPSA) is 116 Å². The molecule has 0 aliphatic rings. The quantitative estimate of drug-likeness (QED) is 0.225. The molecule has 0 radical (unpaired) electrons. The molecule has 4 rings (SSSR count). The van der Waals surface area contributed by atoms with Crippen molar-refractivity contribution in [2.24, 2.45) is 0 Å². The Morgan fingerprint density at radius 2 is 1.94 bits per heavy atom. The fourth-order valence-electron chi connectivity index (χ4n) is 3.71. The summed E-state index contributed by atoms with van der Waals surface area (Å²) in [6.07, 6.45) is -0.0724. The van der Waals surface area contributed by atoms with Gasteiger partial charge in [0.1, 0.15) is 28.9 Å². The van der Waals surface area contributed by atoms with Gasteiger partial charge >= 0.3 is 0 Å². The van der Waals surface area contributed by atoms with E-state index in [4.69, 9.17) is 4.74 Å². The Labute approximate surface area is 207 Å². The van der Waals surface area contributed by atoms with Crippen LogP contribution in [-0.2, 0) is 16.4 Å². The Bertz CT molecular complexity index is 1460. The Morgan fingerprint density at radius 1 is 1.11 bits per heavy atom. The zero-order valence-electron chi connectivity index (χ0n) is 19.5. The number of ether oxygens (including phenoxy) is 1. The van der Waals surface area contributed by atoms with Gasteiger partial charge < -0.3 is 15.2 Å². The van der Waals surface area contributed by atoms with E-state index < -0.39 is 32.7 Å². The molecule has 3 aromatic carbocycles. The zero-order valence-corrected chi connectivity index (χ0v) is 20.3. The molecule has 8 nitrogen and oxygen atoms in total. The molecule has 0 spiro atoms. The summed E-state index contributed by atoms with van der Waals surface area (Å²) >= 11 is 0. The molecule has 1 atom stereocenters. The molecule has 0 saturated heterocycles. The third-order valence-electron chi connectivity index (χ3n) is 5.55. The van der Waals surface area contributed by atoms with E-state index in [0.29, 0.717) is 30.5 Å². The number of H-pyrrole nitrogens is 1. The summed E-state index contributed by atoms with van der Waals surface area (Å²) in [5.41, 5.74) is 2.46. The van der Waals surface area contributed by atoms with Crippen LogP contribution in [0.25, 0.3) is 10.9 Å². The number of halogens is 2. The second-order valence-electron chi connectivity index (χ2n) is 8.11. The first-order chi connectivity index (χ1) is 17.3. The number of hydrogen-bond donors (Lipinski definition) is 4. The monoisotopic (exact) mass is 516 g/mol. The maximum Gasteiger partial charge on any atom is 0.264 e. The summed E-state index contributed by atoms with van der Waals surface area (Å²) < 4.78 is 60.3. The summed E-state index contributed by atoms with van der Waals surface area (Å²) in [5, 5.41) is 21.9. The van der Waals surface area contributed by atoms with E-state index in [-0.39, 0.29) is 12.2 Å². The van der Waals surface area contributed by atoms with Crippen molar-refractivity contribution in [3.63, 3.8) is 0 Å². The molecule has 0 aliphatic carbocycles. The van der Waals surface area contributed by atoms with Gasteiger partial charge in [-0.15, -0.1) is 0 Å². The van der Waals surface area contributed by atoms with Gasteiger partial charge in [-0.3, -0.25) is 9.82 Å². The summed E-state index contributed by atoms with van der Waals surface area (Å²) in [7, 11) is -4.36. The number of hydrogen-bond acceptors (Lipinski definition) is 6. The minimum absolute atomic E-state index is 0.110. The largest absolute Gasteiger partial charge is 0.492 e. The van der Waals surface area contributed by atoms with Crippen LogP contribution in [-0.4, -0.2) is 43.4 Å². The number of fused-ring (bicyclic) bond motifs is 1. The molecule has 1 unspecified atom stereocenters. The number of aromatic nitrogens is 2. The Balaban J connectivity index is 1.29. The van der Waals surface area contributed by atoms with E-state index in [1.165, 1.54) is 12.1 Å². The van der Waals surface area contributed by atoms with Gasteiger partial charge in [0.05, 0.1) is 11.6 Å². The molecule has 0 aliphatic heterocycles. The van der Waals surface area contributed by atoms with Crippen LogP contribution in [0, 0.1) is 11.6 Å². The first kappa shape index (κ1) is 25.5. The first-order valence-electron chi connectivity index (χ1n) is 11.3. The van der Waals surface area contributed by atoms with Crippen LogP contribution in [0.1, 0.15) is 24.3 Å². The van der Waals surface area contributed by atoms with Gasteiger partial charge in [-0.2, -0.15) is 5.10 Å². The average Bonchev–Trinajstić information content (AvgIpc) is 3.27. The van der Waals surface area contributed by atoms with E-state index in [9.17, 15) is 22.3 Å². The number of rotatable bonds is 11. The number of benzene rings is 3. The molecule has 4 aromatic rings. The maximum absolute atomic E-state index is 13.9. The highest BCUT2D eigenvalue weighted by molar-refractivity contribution is 7.92. The Hall–Kier alpha value is -3.54. The number of aromatic amines is 1. The van der Waals surface area contributed by atoms with E-state index >= 15 is 0 Å². The predicted molar refractivity (Wildman–Crippen MR) is 132 cm³/mol. The smallest absolute Gasteiger partial charge is 0.264 e. The second kappa shape index (κ2) is 11.0. The number of sulfonamides is 1. The van der Waals surface area contributed by atoms with Crippen LogP contribution in [0.4, 0.5) is 14.5 Å². The van der Waals surface area contributed by atoms with E-state index in [0.717, 1.165) is 35.2 Å². The molecule has 190 valence electrons. The predicted octanol–water partition coefficient (Wildman–Crippen LogP) is 3.91. The summed E-state index contributed by atoms with van der Waals surface area (Å²) in [6.45, 7) is 3.07. The van der Waals surface area contributed by atoms with Crippen molar-refractivity contribution in [1.29, 1.82) is 0 Å². The van der Waals surface area contributed by atoms with Crippen LogP contribution < -0.4 is 14.8 Å². The minimum atomic E-state index is -4.36. The normalized spacial score (nSPS) is 12.6. The van der Waals surface area contributed by atoms with Crippen molar-refractivity contribution in [2.45, 2.75) is 24.3 Å². The fraction of sp³-hybridized carbons (Fsp3) is 0.240. The number of anilines is 1. The SMILES string of the molecule is CCc1[nH]nc2cc(OCCNCC(O)c3cccc(NS(=O)(=O)c4cc(F)ccc4F)c3)ccc12. The zero-order chi connectivity index (χ0) is 25.7. The third-order valence-corrected chi connectivity index (χ3v) is 6.95. The molecular weight excluding hydrogens is 490 g/mol.